The van der Waals surface area contributed by atoms with Gasteiger partial charge in [-0.2, -0.15) is 5.26 Å². The molecule has 0 unspecified atom stereocenters. The van der Waals surface area contributed by atoms with E-state index in [9.17, 15) is 14.4 Å². The van der Waals surface area contributed by atoms with Crippen molar-refractivity contribution < 1.29 is 23.9 Å². The summed E-state index contributed by atoms with van der Waals surface area (Å²) in [6.45, 7) is 3.83. The second-order valence-electron chi connectivity index (χ2n) is 6.60. The molecular weight excluding hydrogens is 593 g/mol. The molecule has 1 aliphatic rings. The summed E-state index contributed by atoms with van der Waals surface area (Å²) >= 11 is 5.41. The molecule has 32 heavy (non-hydrogen) atoms. The zero-order chi connectivity index (χ0) is 23.4. The number of nitrogens with zero attached hydrogens (tertiary/aromatic N) is 2. The van der Waals surface area contributed by atoms with Gasteiger partial charge in [-0.05, 0) is 84.0 Å². The van der Waals surface area contributed by atoms with Gasteiger partial charge < -0.3 is 9.47 Å². The van der Waals surface area contributed by atoms with Gasteiger partial charge in [-0.15, -0.1) is 0 Å². The fraction of sp³-hybridized carbons (Fsp3) is 0.182. The average molecular weight is 610 g/mol. The van der Waals surface area contributed by atoms with Crippen molar-refractivity contribution in [3.8, 4) is 17.6 Å². The molecule has 3 rings (SSSR count). The molecule has 1 fully saturated rings. The van der Waals surface area contributed by atoms with E-state index in [-0.39, 0.29) is 12.2 Å². The highest BCUT2D eigenvalue weighted by atomic mass is 127. The molecule has 1 heterocycles. The Hall–Kier alpha value is -2.91. The minimum Gasteiger partial charge on any atom is -0.490 e. The lowest BCUT2D eigenvalue weighted by atomic mass is 10.1. The number of benzene rings is 2. The highest BCUT2D eigenvalue weighted by Crippen LogP contribution is 2.35. The fourth-order valence-corrected chi connectivity index (χ4v) is 4.03. The van der Waals surface area contributed by atoms with Crippen molar-refractivity contribution in [2.24, 2.45) is 0 Å². The third-order valence-electron chi connectivity index (χ3n) is 4.43. The van der Waals surface area contributed by atoms with Crippen LogP contribution in [-0.4, -0.2) is 31.1 Å². The third kappa shape index (κ3) is 4.94. The number of imide groups is 2. The molecule has 8 nitrogen and oxygen atoms in total. The van der Waals surface area contributed by atoms with E-state index in [1.165, 1.54) is 6.08 Å². The van der Waals surface area contributed by atoms with Crippen molar-refractivity contribution in [2.45, 2.75) is 13.8 Å². The Kier molecular flexibility index (Phi) is 7.52. The Morgan fingerprint density at radius 3 is 2.62 bits per heavy atom. The van der Waals surface area contributed by atoms with Crippen LogP contribution in [0.3, 0.4) is 0 Å². The number of hydrogen-bond acceptors (Lipinski definition) is 6. The van der Waals surface area contributed by atoms with Gasteiger partial charge in [0.05, 0.1) is 15.9 Å². The molecular formula is C22H17BrIN3O5. The topological polar surface area (TPSA) is 109 Å². The molecule has 2 aromatic rings. The van der Waals surface area contributed by atoms with Crippen molar-refractivity contribution in [1.82, 2.24) is 5.32 Å². The molecule has 164 valence electrons. The first-order valence-electron chi connectivity index (χ1n) is 9.40. The van der Waals surface area contributed by atoms with Crippen molar-refractivity contribution >= 4 is 68.1 Å². The van der Waals surface area contributed by atoms with Crippen LogP contribution in [0.4, 0.5) is 10.5 Å². The summed E-state index contributed by atoms with van der Waals surface area (Å²) in [5.74, 6) is -0.750. The van der Waals surface area contributed by atoms with E-state index in [1.54, 1.807) is 37.3 Å². The van der Waals surface area contributed by atoms with Crippen LogP contribution in [0.15, 0.2) is 40.4 Å². The summed E-state index contributed by atoms with van der Waals surface area (Å²) in [5.41, 5.74) is 1.47. The monoisotopic (exact) mass is 609 g/mol. The Bertz CT molecular complexity index is 1190. The Labute approximate surface area is 206 Å². The van der Waals surface area contributed by atoms with Crippen LogP contribution >= 0.6 is 38.5 Å². The van der Waals surface area contributed by atoms with E-state index in [2.05, 4.69) is 21.2 Å². The van der Waals surface area contributed by atoms with Gasteiger partial charge in [0, 0.05) is 4.47 Å². The normalized spacial score (nSPS) is 14.9. The molecule has 0 radical (unpaired) electrons. The number of anilines is 1. The second kappa shape index (κ2) is 10.1. The lowest BCUT2D eigenvalue weighted by molar-refractivity contribution is -0.122. The van der Waals surface area contributed by atoms with Crippen LogP contribution < -0.4 is 19.7 Å². The van der Waals surface area contributed by atoms with Crippen molar-refractivity contribution in [1.29, 1.82) is 5.26 Å². The zero-order valence-electron chi connectivity index (χ0n) is 17.1. The van der Waals surface area contributed by atoms with E-state index in [1.807, 2.05) is 35.6 Å². The number of nitrogens with one attached hydrogen (secondary N) is 1. The van der Waals surface area contributed by atoms with Gasteiger partial charge in [-0.3, -0.25) is 14.9 Å². The van der Waals surface area contributed by atoms with Gasteiger partial charge in [0.15, 0.2) is 18.1 Å². The van der Waals surface area contributed by atoms with Crippen LogP contribution in [0.5, 0.6) is 11.5 Å². The molecule has 10 heteroatoms. The van der Waals surface area contributed by atoms with E-state index < -0.39 is 17.8 Å². The summed E-state index contributed by atoms with van der Waals surface area (Å²) < 4.78 is 12.5. The Morgan fingerprint density at radius 1 is 1.22 bits per heavy atom. The summed E-state index contributed by atoms with van der Waals surface area (Å²) in [5, 5.41) is 11.0. The summed E-state index contributed by atoms with van der Waals surface area (Å²) in [6.07, 6.45) is 1.39. The maximum atomic E-state index is 13.1. The van der Waals surface area contributed by atoms with Crippen LogP contribution in [0.1, 0.15) is 18.1 Å². The number of halogens is 2. The first-order valence-corrected chi connectivity index (χ1v) is 11.3. The molecule has 1 N–H and O–H groups in total. The van der Waals surface area contributed by atoms with E-state index in [4.69, 9.17) is 14.7 Å². The first kappa shape index (κ1) is 23.7. The number of hydrogen-bond donors (Lipinski definition) is 1. The highest BCUT2D eigenvalue weighted by molar-refractivity contribution is 14.1. The standard InChI is InChI=1S/C22H17BrIN3O5/c1-3-31-18-11-13(10-17(24)19(18)32-7-6-25)9-15-20(28)26-22(30)27(21(15)29)14-4-5-16(23)12(2)8-14/h4-5,8-11H,3,7H2,1-2H3,(H,26,28,30)/b15-9+. The molecule has 0 saturated carbocycles. The maximum Gasteiger partial charge on any atom is 0.335 e. The summed E-state index contributed by atoms with van der Waals surface area (Å²) in [7, 11) is 0. The molecule has 4 amide bonds. The van der Waals surface area contributed by atoms with Crippen molar-refractivity contribution in [3.63, 3.8) is 0 Å². The predicted octanol–water partition coefficient (Wildman–Crippen LogP) is 4.33. The van der Waals surface area contributed by atoms with Crippen LogP contribution in [0.2, 0.25) is 0 Å². The quantitative estimate of drug-likeness (QED) is 0.297. The molecule has 0 aromatic heterocycles. The van der Waals surface area contributed by atoms with Gasteiger partial charge >= 0.3 is 6.03 Å². The molecule has 0 atom stereocenters. The average Bonchev–Trinajstić information content (AvgIpc) is 2.73. The Morgan fingerprint density at radius 2 is 1.97 bits per heavy atom. The molecule has 1 aliphatic heterocycles. The maximum absolute atomic E-state index is 13.1. The van der Waals surface area contributed by atoms with Gasteiger partial charge in [0.2, 0.25) is 0 Å². The minimum atomic E-state index is -0.816. The third-order valence-corrected chi connectivity index (χ3v) is 6.12. The number of carbonyl (C=O) groups excluding carboxylic acids is 3. The highest BCUT2D eigenvalue weighted by Gasteiger charge is 2.37. The van der Waals surface area contributed by atoms with Crippen LogP contribution in [-0.2, 0) is 9.59 Å². The second-order valence-corrected chi connectivity index (χ2v) is 8.62. The number of ether oxygens (including phenoxy) is 2. The van der Waals surface area contributed by atoms with Crippen molar-refractivity contribution in [3.05, 3.63) is 55.1 Å². The molecule has 0 aliphatic carbocycles. The molecule has 0 spiro atoms. The van der Waals surface area contributed by atoms with Crippen molar-refractivity contribution in [2.75, 3.05) is 18.1 Å². The number of rotatable bonds is 6. The van der Waals surface area contributed by atoms with Crippen LogP contribution in [0, 0.1) is 21.8 Å². The smallest absolute Gasteiger partial charge is 0.335 e. The number of nitriles is 1. The van der Waals surface area contributed by atoms with E-state index >= 15 is 0 Å². The zero-order valence-corrected chi connectivity index (χ0v) is 20.8. The number of urea groups is 1. The number of aryl methyl sites for hydroxylation is 1. The summed E-state index contributed by atoms with van der Waals surface area (Å²) in [4.78, 5) is 38.9. The minimum absolute atomic E-state index is 0.152. The number of amides is 4. The van der Waals surface area contributed by atoms with Gasteiger partial charge in [0.1, 0.15) is 11.6 Å². The number of barbiturate groups is 1. The molecule has 0 bridgehead atoms. The fourth-order valence-electron chi connectivity index (χ4n) is 3.01. The van der Waals surface area contributed by atoms with Gasteiger partial charge in [0.25, 0.3) is 11.8 Å². The lowest BCUT2D eigenvalue weighted by Gasteiger charge is -2.26. The molecule has 1 saturated heterocycles. The SMILES string of the molecule is CCOc1cc(/C=C2\C(=O)NC(=O)N(c3ccc(Br)c(C)c3)C2=O)cc(I)c1OCC#N. The van der Waals surface area contributed by atoms with E-state index in [0.717, 1.165) is 14.9 Å². The lowest BCUT2D eigenvalue weighted by Crippen LogP contribution is -2.54. The molecule has 2 aromatic carbocycles. The predicted molar refractivity (Wildman–Crippen MR) is 129 cm³/mol. The number of carbonyl (C=O) groups is 3. The summed E-state index contributed by atoms with van der Waals surface area (Å²) in [6, 6.07) is 9.39. The largest absolute Gasteiger partial charge is 0.490 e. The van der Waals surface area contributed by atoms with Gasteiger partial charge in [-0.25, -0.2) is 9.69 Å². The van der Waals surface area contributed by atoms with E-state index in [0.29, 0.717) is 32.9 Å². The first-order chi connectivity index (χ1) is 15.3. The van der Waals surface area contributed by atoms with Crippen LogP contribution in [0.25, 0.3) is 6.08 Å². The Balaban J connectivity index is 2.03. The van der Waals surface area contributed by atoms with Gasteiger partial charge in [-0.1, -0.05) is 15.9 Å².